The predicted octanol–water partition coefficient (Wildman–Crippen LogP) is 7.35. The van der Waals surface area contributed by atoms with Gasteiger partial charge in [0.1, 0.15) is 28.3 Å². The van der Waals surface area contributed by atoms with E-state index in [4.69, 9.17) is 29.8 Å². The van der Waals surface area contributed by atoms with E-state index < -0.39 is 11.4 Å². The van der Waals surface area contributed by atoms with Crippen molar-refractivity contribution in [3.8, 4) is 22.8 Å². The van der Waals surface area contributed by atoms with E-state index in [1.54, 1.807) is 34.1 Å². The van der Waals surface area contributed by atoms with Gasteiger partial charge in [-0.25, -0.2) is 19.0 Å². The summed E-state index contributed by atoms with van der Waals surface area (Å²) in [5.74, 6) is 0.232. The van der Waals surface area contributed by atoms with Crippen LogP contribution in [0.15, 0.2) is 140 Å². The molecule has 0 bridgehead atoms. The number of aromatic nitrogens is 8. The average Bonchev–Trinajstić information content (AvgIpc) is 3.87. The predicted molar refractivity (Wildman–Crippen MR) is 200 cm³/mol. The second kappa shape index (κ2) is 14.0. The van der Waals surface area contributed by atoms with Crippen LogP contribution in [0.4, 0.5) is 15.9 Å². The fourth-order valence-electron chi connectivity index (χ4n) is 6.67. The number of pyridine rings is 1. The van der Waals surface area contributed by atoms with Gasteiger partial charge in [0.05, 0.1) is 50.7 Å². The van der Waals surface area contributed by atoms with Crippen molar-refractivity contribution in [2.24, 2.45) is 7.05 Å². The Morgan fingerprint density at radius 3 is 2.00 bits per heavy atom. The van der Waals surface area contributed by atoms with E-state index in [9.17, 15) is 0 Å². The Bertz CT molecular complexity index is 2410. The maximum absolute atomic E-state index is 16.4. The third-order valence-corrected chi connectivity index (χ3v) is 9.19. The monoisotopic (exact) mass is 703 g/mol. The van der Waals surface area contributed by atoms with Gasteiger partial charge >= 0.3 is 0 Å². The molecule has 8 aromatic rings. The molecule has 0 amide bonds. The molecule has 0 aliphatic carbocycles. The molecule has 0 saturated carbocycles. The first-order chi connectivity index (χ1) is 26.0. The lowest BCUT2D eigenvalue weighted by Crippen LogP contribution is -2.38. The van der Waals surface area contributed by atoms with Gasteiger partial charge in [-0.3, -0.25) is 9.67 Å². The summed E-state index contributed by atoms with van der Waals surface area (Å²) in [6.07, 6.45) is 7.15. The number of ether oxygens (including phenoxy) is 2. The molecule has 0 radical (unpaired) electrons. The standard InChI is InChI=1S/C41H34FN9O2/c1-49-25-28(23-44-49)35-24-43-34-19-20-38(46-40(34)45-35)50(36-21-33(52-2)22-37(53-3)39(36)42)26-32-27-51(48-47-32)41(29-13-7-4-8-14-29,30-15-9-5-10-16-30)31-17-11-6-12-18-31/h4-25,27H,26H2,1-3H3. The van der Waals surface area contributed by atoms with Crippen LogP contribution < -0.4 is 14.4 Å². The molecule has 11 nitrogen and oxygen atoms in total. The van der Waals surface area contributed by atoms with Crippen molar-refractivity contribution in [2.45, 2.75) is 12.1 Å². The number of fused-ring (bicyclic) bond motifs is 1. The highest BCUT2D eigenvalue weighted by Gasteiger charge is 2.40. The summed E-state index contributed by atoms with van der Waals surface area (Å²) < 4.78 is 30.9. The summed E-state index contributed by atoms with van der Waals surface area (Å²) in [5.41, 5.74) is 5.18. The van der Waals surface area contributed by atoms with Gasteiger partial charge < -0.3 is 14.4 Å². The van der Waals surface area contributed by atoms with Gasteiger partial charge in [-0.15, -0.1) is 5.10 Å². The molecule has 0 saturated heterocycles. The fourth-order valence-corrected chi connectivity index (χ4v) is 6.67. The molecule has 53 heavy (non-hydrogen) atoms. The zero-order chi connectivity index (χ0) is 36.4. The molecule has 4 aromatic heterocycles. The van der Waals surface area contributed by atoms with Crippen molar-refractivity contribution in [3.63, 3.8) is 0 Å². The van der Waals surface area contributed by atoms with E-state index in [1.165, 1.54) is 20.3 Å². The third kappa shape index (κ3) is 6.09. The van der Waals surface area contributed by atoms with Gasteiger partial charge in [-0.05, 0) is 28.8 Å². The molecule has 0 atom stereocenters. The van der Waals surface area contributed by atoms with Crippen LogP contribution in [0.25, 0.3) is 22.4 Å². The number of aryl methyl sites for hydroxylation is 1. The normalized spacial score (nSPS) is 11.5. The minimum absolute atomic E-state index is 0.0173. The van der Waals surface area contributed by atoms with Crippen LogP contribution in [0.3, 0.4) is 0 Å². The molecule has 12 heteroatoms. The number of anilines is 2. The lowest BCUT2D eigenvalue weighted by atomic mass is 9.77. The Balaban J connectivity index is 1.29. The van der Waals surface area contributed by atoms with Crippen molar-refractivity contribution >= 4 is 22.7 Å². The first-order valence-electron chi connectivity index (χ1n) is 16.9. The fraction of sp³-hybridized carbons (Fsp3) is 0.122. The highest BCUT2D eigenvalue weighted by Crippen LogP contribution is 2.41. The molecule has 0 N–H and O–H groups in total. The van der Waals surface area contributed by atoms with Crippen LogP contribution in [0.1, 0.15) is 22.4 Å². The number of benzene rings is 4. The SMILES string of the molecule is COc1cc(OC)c(F)c(N(Cc2cn(C(c3ccccc3)(c3ccccc3)c3ccccc3)nn2)c2ccc3ncc(-c4cnn(C)c4)nc3n2)c1. The molecule has 0 unspecified atom stereocenters. The smallest absolute Gasteiger partial charge is 0.188 e. The third-order valence-electron chi connectivity index (χ3n) is 9.19. The topological polar surface area (TPSA) is 109 Å². The first kappa shape index (κ1) is 33.2. The maximum atomic E-state index is 16.4. The first-order valence-corrected chi connectivity index (χ1v) is 16.9. The van der Waals surface area contributed by atoms with E-state index in [2.05, 4.69) is 46.5 Å². The van der Waals surface area contributed by atoms with Crippen molar-refractivity contribution in [1.82, 2.24) is 39.7 Å². The number of halogens is 1. The molecular formula is C41H34FN9O2. The molecule has 262 valence electrons. The Labute approximate surface area is 304 Å². The summed E-state index contributed by atoms with van der Waals surface area (Å²) in [6.45, 7) is 0.0793. The average molecular weight is 704 g/mol. The van der Waals surface area contributed by atoms with Crippen molar-refractivity contribution in [3.05, 3.63) is 168 Å². The van der Waals surface area contributed by atoms with Crippen LogP contribution in [0, 0.1) is 5.82 Å². The zero-order valence-corrected chi connectivity index (χ0v) is 29.2. The molecule has 0 fully saturated rings. The molecule has 4 heterocycles. The zero-order valence-electron chi connectivity index (χ0n) is 29.2. The number of nitrogens with zero attached hydrogens (tertiary/aromatic N) is 9. The highest BCUT2D eigenvalue weighted by molar-refractivity contribution is 5.77. The summed E-state index contributed by atoms with van der Waals surface area (Å²) >= 11 is 0. The summed E-state index contributed by atoms with van der Waals surface area (Å²) in [7, 11) is 4.77. The lowest BCUT2D eigenvalue weighted by Gasteiger charge is -2.35. The largest absolute Gasteiger partial charge is 0.497 e. The van der Waals surface area contributed by atoms with Gasteiger partial charge in [-0.1, -0.05) is 96.2 Å². The van der Waals surface area contributed by atoms with Gasteiger partial charge in [-0.2, -0.15) is 5.10 Å². The van der Waals surface area contributed by atoms with E-state index in [1.807, 2.05) is 84.8 Å². The van der Waals surface area contributed by atoms with Gasteiger partial charge in [0.15, 0.2) is 17.2 Å². The minimum Gasteiger partial charge on any atom is -0.497 e. The molecule has 0 aliphatic rings. The number of rotatable bonds is 11. The van der Waals surface area contributed by atoms with Gasteiger partial charge in [0.2, 0.25) is 0 Å². The second-order valence-corrected chi connectivity index (χ2v) is 12.4. The van der Waals surface area contributed by atoms with Crippen molar-refractivity contribution in [1.29, 1.82) is 0 Å². The van der Waals surface area contributed by atoms with E-state index in [0.717, 1.165) is 22.3 Å². The minimum atomic E-state index is -0.885. The molecular weight excluding hydrogens is 670 g/mol. The number of hydrogen-bond donors (Lipinski definition) is 0. The molecule has 0 spiro atoms. The van der Waals surface area contributed by atoms with E-state index in [0.29, 0.717) is 34.1 Å². The summed E-state index contributed by atoms with van der Waals surface area (Å²) in [4.78, 5) is 16.0. The summed E-state index contributed by atoms with van der Waals surface area (Å²) in [5, 5.41) is 13.8. The number of hydrogen-bond acceptors (Lipinski definition) is 9. The molecule has 0 aliphatic heterocycles. The van der Waals surface area contributed by atoms with Crippen LogP contribution >= 0.6 is 0 Å². The second-order valence-electron chi connectivity index (χ2n) is 12.4. The lowest BCUT2D eigenvalue weighted by molar-refractivity contribution is 0.374. The van der Waals surface area contributed by atoms with Crippen LogP contribution in [0.2, 0.25) is 0 Å². The Hall–Kier alpha value is -6.95. The van der Waals surface area contributed by atoms with Crippen LogP contribution in [-0.2, 0) is 19.1 Å². The Morgan fingerprint density at radius 1 is 0.755 bits per heavy atom. The quantitative estimate of drug-likeness (QED) is 0.128. The van der Waals surface area contributed by atoms with E-state index in [-0.39, 0.29) is 18.0 Å². The molecule has 8 rings (SSSR count). The molecule has 4 aromatic carbocycles. The summed E-state index contributed by atoms with van der Waals surface area (Å²) in [6, 6.07) is 37.3. The maximum Gasteiger partial charge on any atom is 0.188 e. The highest BCUT2D eigenvalue weighted by atomic mass is 19.1. The van der Waals surface area contributed by atoms with Gasteiger partial charge in [0.25, 0.3) is 0 Å². The number of methoxy groups -OCH3 is 2. The Morgan fingerprint density at radius 2 is 1.42 bits per heavy atom. The Kier molecular flexibility index (Phi) is 8.77. The van der Waals surface area contributed by atoms with Crippen LogP contribution in [-0.4, -0.2) is 53.9 Å². The van der Waals surface area contributed by atoms with Gasteiger partial charge in [0, 0.05) is 30.9 Å². The van der Waals surface area contributed by atoms with Crippen LogP contribution in [0.5, 0.6) is 11.5 Å². The van der Waals surface area contributed by atoms with Crippen molar-refractivity contribution < 1.29 is 13.9 Å². The van der Waals surface area contributed by atoms with Crippen molar-refractivity contribution in [2.75, 3.05) is 19.1 Å². The van der Waals surface area contributed by atoms with E-state index >= 15 is 4.39 Å².